The average Bonchev–Trinajstić information content (AvgIpc) is 3.77. The second kappa shape index (κ2) is 11.9. The first kappa shape index (κ1) is 30.0. The maximum Gasteiger partial charge on any atom is 0.137 e. The third kappa shape index (κ3) is 5.01. The lowest BCUT2D eigenvalue weighted by Crippen LogP contribution is -2.09. The number of furan rings is 1. The van der Waals surface area contributed by atoms with E-state index in [4.69, 9.17) is 4.42 Å². The van der Waals surface area contributed by atoms with E-state index in [9.17, 15) is 0 Å². The largest absolute Gasteiger partial charge is 0.456 e. The van der Waals surface area contributed by atoms with Gasteiger partial charge in [-0.15, -0.1) is 11.3 Å². The highest BCUT2D eigenvalue weighted by atomic mass is 32.1. The topological polar surface area (TPSA) is 16.4 Å². The maximum absolute atomic E-state index is 6.36. The minimum absolute atomic E-state index is 0.876. The molecule has 11 rings (SSSR count). The molecule has 0 amide bonds. The Morgan fingerprint density at radius 3 is 1.85 bits per heavy atom. The van der Waals surface area contributed by atoms with E-state index in [-0.39, 0.29) is 0 Å². The summed E-state index contributed by atoms with van der Waals surface area (Å²) in [5.74, 6) is 0. The van der Waals surface area contributed by atoms with E-state index in [1.807, 2.05) is 23.5 Å². The van der Waals surface area contributed by atoms with Crippen LogP contribution in [-0.4, -0.2) is 0 Å². The molecule has 0 aliphatic rings. The standard InChI is InChI=1S/C50H31NOS/c1-2-10-41-33(8-1)9-7-13-42(41)34-20-24-39(25-21-34)51(40-26-27-44-43-11-3-5-14-47(43)52-48(44)31-40)38-22-18-32(19-23-38)35-16-17-36-30-50-46(29-37(36)28-35)45-12-4-6-15-49(45)53-50/h1-31H. The van der Waals surface area contributed by atoms with Crippen molar-refractivity contribution >= 4 is 92.1 Å². The summed E-state index contributed by atoms with van der Waals surface area (Å²) in [6.45, 7) is 0. The van der Waals surface area contributed by atoms with Gasteiger partial charge in [-0.1, -0.05) is 115 Å². The Morgan fingerprint density at radius 2 is 1.00 bits per heavy atom. The van der Waals surface area contributed by atoms with Gasteiger partial charge in [0.15, 0.2) is 0 Å². The summed E-state index contributed by atoms with van der Waals surface area (Å²) < 4.78 is 9.03. The van der Waals surface area contributed by atoms with Crippen molar-refractivity contribution in [3.8, 4) is 22.3 Å². The summed E-state index contributed by atoms with van der Waals surface area (Å²) in [5.41, 5.74) is 9.79. The molecule has 0 aliphatic carbocycles. The Kier molecular flexibility index (Phi) is 6.76. The number of fused-ring (bicyclic) bond motifs is 8. The summed E-state index contributed by atoms with van der Waals surface area (Å²) in [4.78, 5) is 2.32. The number of rotatable bonds is 5. The van der Waals surface area contributed by atoms with Crippen molar-refractivity contribution in [1.29, 1.82) is 0 Å². The molecule has 0 unspecified atom stereocenters. The molecule has 11 aromatic rings. The molecule has 248 valence electrons. The monoisotopic (exact) mass is 693 g/mol. The van der Waals surface area contributed by atoms with Crippen molar-refractivity contribution in [2.24, 2.45) is 0 Å². The molecule has 0 radical (unpaired) electrons. The molecule has 0 atom stereocenters. The van der Waals surface area contributed by atoms with E-state index in [0.29, 0.717) is 0 Å². The molecule has 2 nitrogen and oxygen atoms in total. The molecule has 3 heteroatoms. The van der Waals surface area contributed by atoms with Crippen LogP contribution in [0.3, 0.4) is 0 Å². The summed E-state index contributed by atoms with van der Waals surface area (Å²) in [6.07, 6.45) is 0. The SMILES string of the molecule is c1ccc2c(-c3ccc(N(c4ccc(-c5ccc6cc7sc8ccccc8c7cc6c5)cc4)c4ccc5c(c4)oc4ccccc45)cc3)cccc2c1. The molecule has 2 heterocycles. The third-order valence-corrected chi connectivity index (χ3v) is 11.8. The van der Waals surface area contributed by atoms with Crippen LogP contribution >= 0.6 is 11.3 Å². The first-order valence-corrected chi connectivity index (χ1v) is 18.8. The second-order valence-corrected chi connectivity index (χ2v) is 14.8. The predicted molar refractivity (Wildman–Crippen MR) is 227 cm³/mol. The zero-order valence-electron chi connectivity index (χ0n) is 28.7. The van der Waals surface area contributed by atoms with Crippen LogP contribution < -0.4 is 4.90 Å². The smallest absolute Gasteiger partial charge is 0.137 e. The van der Waals surface area contributed by atoms with Gasteiger partial charge in [0, 0.05) is 54.1 Å². The predicted octanol–water partition coefficient (Wildman–Crippen LogP) is 15.1. The quantitative estimate of drug-likeness (QED) is 0.178. The van der Waals surface area contributed by atoms with Gasteiger partial charge in [-0.2, -0.15) is 0 Å². The average molecular weight is 694 g/mol. The zero-order chi connectivity index (χ0) is 34.9. The highest BCUT2D eigenvalue weighted by Gasteiger charge is 2.17. The van der Waals surface area contributed by atoms with Crippen molar-refractivity contribution in [3.63, 3.8) is 0 Å². The summed E-state index contributed by atoms with van der Waals surface area (Å²) in [7, 11) is 0. The Morgan fingerprint density at radius 1 is 0.340 bits per heavy atom. The van der Waals surface area contributed by atoms with Crippen LogP contribution in [0.5, 0.6) is 0 Å². The molecule has 0 fully saturated rings. The summed E-state index contributed by atoms with van der Waals surface area (Å²) in [5, 5.41) is 9.94. The van der Waals surface area contributed by atoms with Gasteiger partial charge in [-0.05, 0) is 111 Å². The number of hydrogen-bond donors (Lipinski definition) is 0. The fourth-order valence-corrected chi connectivity index (χ4v) is 9.16. The van der Waals surface area contributed by atoms with Crippen molar-refractivity contribution in [3.05, 3.63) is 188 Å². The van der Waals surface area contributed by atoms with Gasteiger partial charge in [0.2, 0.25) is 0 Å². The number of benzene rings is 9. The minimum Gasteiger partial charge on any atom is -0.456 e. The van der Waals surface area contributed by atoms with Crippen LogP contribution in [0, 0.1) is 0 Å². The second-order valence-electron chi connectivity index (χ2n) is 13.7. The molecular formula is C50H31NOS. The van der Waals surface area contributed by atoms with Crippen LogP contribution in [0.4, 0.5) is 17.1 Å². The van der Waals surface area contributed by atoms with Gasteiger partial charge < -0.3 is 9.32 Å². The van der Waals surface area contributed by atoms with Crippen molar-refractivity contribution in [1.82, 2.24) is 0 Å². The van der Waals surface area contributed by atoms with Gasteiger partial charge in [-0.25, -0.2) is 0 Å². The van der Waals surface area contributed by atoms with Crippen LogP contribution in [0.15, 0.2) is 192 Å². The van der Waals surface area contributed by atoms with E-state index in [1.54, 1.807) is 0 Å². The lowest BCUT2D eigenvalue weighted by Gasteiger charge is -2.26. The van der Waals surface area contributed by atoms with Gasteiger partial charge in [0.25, 0.3) is 0 Å². The molecule has 0 N–H and O–H groups in total. The minimum atomic E-state index is 0.876. The number of hydrogen-bond acceptors (Lipinski definition) is 3. The third-order valence-electron chi connectivity index (χ3n) is 10.6. The summed E-state index contributed by atoms with van der Waals surface area (Å²) in [6, 6.07) is 68.0. The molecular weight excluding hydrogens is 663 g/mol. The molecule has 9 aromatic carbocycles. The lowest BCUT2D eigenvalue weighted by atomic mass is 9.98. The molecule has 0 saturated heterocycles. The Bertz CT molecular complexity index is 3160. The normalized spacial score (nSPS) is 11.8. The zero-order valence-corrected chi connectivity index (χ0v) is 29.5. The van der Waals surface area contributed by atoms with E-state index in [0.717, 1.165) is 39.0 Å². The molecule has 0 aliphatic heterocycles. The Labute approximate surface area is 310 Å². The van der Waals surface area contributed by atoms with Gasteiger partial charge in [-0.3, -0.25) is 0 Å². The summed E-state index contributed by atoms with van der Waals surface area (Å²) >= 11 is 1.87. The molecule has 2 aromatic heterocycles. The Balaban J connectivity index is 1.00. The van der Waals surface area contributed by atoms with Crippen LogP contribution in [0.25, 0.3) is 85.9 Å². The van der Waals surface area contributed by atoms with E-state index >= 15 is 0 Å². The number of anilines is 3. The number of thiophene rings is 1. The molecule has 53 heavy (non-hydrogen) atoms. The van der Waals surface area contributed by atoms with E-state index in [1.165, 1.54) is 64.0 Å². The first-order chi connectivity index (χ1) is 26.2. The van der Waals surface area contributed by atoms with Crippen molar-refractivity contribution < 1.29 is 4.42 Å². The first-order valence-electron chi connectivity index (χ1n) is 18.0. The number of para-hydroxylation sites is 1. The van der Waals surface area contributed by atoms with Crippen LogP contribution in [0.2, 0.25) is 0 Å². The fourth-order valence-electron chi connectivity index (χ4n) is 8.02. The lowest BCUT2D eigenvalue weighted by molar-refractivity contribution is 0.669. The molecule has 0 saturated carbocycles. The Hall–Kier alpha value is -6.68. The van der Waals surface area contributed by atoms with E-state index < -0.39 is 0 Å². The molecule has 0 spiro atoms. The van der Waals surface area contributed by atoms with Gasteiger partial charge in [0.1, 0.15) is 11.2 Å². The van der Waals surface area contributed by atoms with Crippen LogP contribution in [0.1, 0.15) is 0 Å². The van der Waals surface area contributed by atoms with Gasteiger partial charge >= 0.3 is 0 Å². The number of nitrogens with zero attached hydrogens (tertiary/aromatic N) is 1. The van der Waals surface area contributed by atoms with Crippen LogP contribution in [-0.2, 0) is 0 Å². The van der Waals surface area contributed by atoms with Crippen molar-refractivity contribution in [2.45, 2.75) is 0 Å². The fraction of sp³-hybridized carbons (Fsp3) is 0. The van der Waals surface area contributed by atoms with Crippen molar-refractivity contribution in [2.75, 3.05) is 4.90 Å². The maximum atomic E-state index is 6.36. The highest BCUT2D eigenvalue weighted by Crippen LogP contribution is 2.41. The van der Waals surface area contributed by atoms with Gasteiger partial charge in [0.05, 0.1) is 0 Å². The highest BCUT2D eigenvalue weighted by molar-refractivity contribution is 7.25. The van der Waals surface area contributed by atoms with E-state index in [2.05, 4.69) is 181 Å². The molecule has 0 bridgehead atoms.